The Labute approximate surface area is 187 Å². The number of para-hydroxylation sites is 2. The Morgan fingerprint density at radius 1 is 1.06 bits per heavy atom. The lowest BCUT2D eigenvalue weighted by Gasteiger charge is -2.28. The van der Waals surface area contributed by atoms with Crippen LogP contribution in [0, 0.1) is 0 Å². The van der Waals surface area contributed by atoms with Gasteiger partial charge in [0.05, 0.1) is 5.69 Å². The van der Waals surface area contributed by atoms with Gasteiger partial charge in [0.2, 0.25) is 5.89 Å². The molecule has 0 unspecified atom stereocenters. The first kappa shape index (κ1) is 21.6. The normalized spacial score (nSPS) is 13.1. The highest BCUT2D eigenvalue weighted by atomic mass is 16.5. The maximum atomic E-state index is 13.2. The summed E-state index contributed by atoms with van der Waals surface area (Å²) in [7, 11) is 3.94. The first-order valence-corrected chi connectivity index (χ1v) is 10.5. The van der Waals surface area contributed by atoms with Gasteiger partial charge in [-0.25, -0.2) is 4.98 Å². The van der Waals surface area contributed by atoms with E-state index in [2.05, 4.69) is 4.98 Å². The van der Waals surface area contributed by atoms with E-state index in [-0.39, 0.29) is 30.7 Å². The van der Waals surface area contributed by atoms with E-state index in [9.17, 15) is 9.59 Å². The second-order valence-corrected chi connectivity index (χ2v) is 7.88. The van der Waals surface area contributed by atoms with Gasteiger partial charge in [0, 0.05) is 19.6 Å². The summed E-state index contributed by atoms with van der Waals surface area (Å²) in [5.74, 6) is 0.532. The van der Waals surface area contributed by atoms with Crippen LogP contribution in [-0.2, 0) is 17.9 Å². The number of nitrogens with zero attached hydrogens (tertiary/aromatic N) is 4. The summed E-state index contributed by atoms with van der Waals surface area (Å²) in [5, 5.41) is 0. The number of rotatable bonds is 8. The fourth-order valence-corrected chi connectivity index (χ4v) is 3.48. The molecule has 0 atom stereocenters. The van der Waals surface area contributed by atoms with Crippen LogP contribution in [0.5, 0.6) is 5.75 Å². The van der Waals surface area contributed by atoms with Gasteiger partial charge in [-0.15, -0.1) is 0 Å². The predicted octanol–water partition coefficient (Wildman–Crippen LogP) is 2.80. The van der Waals surface area contributed by atoms with Crippen molar-refractivity contribution < 1.29 is 18.7 Å². The number of likely N-dealkylation sites (N-methyl/N-ethyl adjacent to an activating group) is 1. The number of anilines is 1. The molecule has 3 aromatic rings. The number of hydrogen-bond acceptors (Lipinski definition) is 6. The Kier molecular flexibility index (Phi) is 6.51. The Morgan fingerprint density at radius 2 is 1.81 bits per heavy atom. The van der Waals surface area contributed by atoms with Crippen molar-refractivity contribution in [3.63, 3.8) is 0 Å². The van der Waals surface area contributed by atoms with Crippen LogP contribution in [0.25, 0.3) is 0 Å². The van der Waals surface area contributed by atoms with Crippen molar-refractivity contribution in [2.75, 3.05) is 38.7 Å². The number of amides is 2. The van der Waals surface area contributed by atoms with Gasteiger partial charge in [-0.3, -0.25) is 14.5 Å². The number of hydrogen-bond donors (Lipinski definition) is 0. The molecule has 166 valence electrons. The molecule has 4 rings (SSSR count). The number of ether oxygens (including phenoxy) is 1. The highest BCUT2D eigenvalue weighted by molar-refractivity contribution is 5.97. The zero-order valence-corrected chi connectivity index (χ0v) is 18.2. The van der Waals surface area contributed by atoms with Gasteiger partial charge in [-0.1, -0.05) is 42.5 Å². The molecule has 0 saturated carbocycles. The molecule has 0 fully saturated rings. The van der Waals surface area contributed by atoms with E-state index >= 15 is 0 Å². The Morgan fingerprint density at radius 3 is 2.59 bits per heavy atom. The van der Waals surface area contributed by atoms with Crippen LogP contribution in [0.3, 0.4) is 0 Å². The third-order valence-corrected chi connectivity index (χ3v) is 5.19. The maximum Gasteiger partial charge on any atom is 0.276 e. The van der Waals surface area contributed by atoms with Gasteiger partial charge in [0.15, 0.2) is 12.3 Å². The molecule has 2 aromatic carbocycles. The lowest BCUT2D eigenvalue weighted by Crippen LogP contribution is -2.38. The molecule has 0 aliphatic carbocycles. The van der Waals surface area contributed by atoms with Crippen LogP contribution in [0.1, 0.15) is 21.9 Å². The van der Waals surface area contributed by atoms with E-state index in [0.717, 1.165) is 12.1 Å². The quantitative estimate of drug-likeness (QED) is 0.543. The van der Waals surface area contributed by atoms with Crippen molar-refractivity contribution in [3.8, 4) is 5.75 Å². The Bertz CT molecular complexity index is 1080. The van der Waals surface area contributed by atoms with E-state index in [0.29, 0.717) is 30.4 Å². The van der Waals surface area contributed by atoms with Crippen molar-refractivity contribution in [2.24, 2.45) is 0 Å². The number of carbonyl (C=O) groups is 2. The van der Waals surface area contributed by atoms with Crippen LogP contribution in [-0.4, -0.2) is 60.4 Å². The van der Waals surface area contributed by atoms with Crippen LogP contribution in [0.4, 0.5) is 5.69 Å². The van der Waals surface area contributed by atoms with Crippen molar-refractivity contribution in [1.29, 1.82) is 0 Å². The smallest absolute Gasteiger partial charge is 0.276 e. The summed E-state index contributed by atoms with van der Waals surface area (Å²) in [5.41, 5.74) is 1.93. The fraction of sp³-hybridized carbons (Fsp3) is 0.292. The summed E-state index contributed by atoms with van der Waals surface area (Å²) in [6.07, 6.45) is 1.36. The lowest BCUT2D eigenvalue weighted by molar-refractivity contribution is -0.121. The average molecular weight is 434 g/mol. The standard InChI is InChI=1S/C24H26N4O4/c1-26(2)12-13-27(14-18-8-4-3-5-9-18)24(30)19-16-32-22(25-19)15-28-20-10-6-7-11-21(20)31-17-23(28)29/h3-11,16H,12-15,17H2,1-2H3. The van der Waals surface area contributed by atoms with Crippen molar-refractivity contribution >= 4 is 17.5 Å². The SMILES string of the molecule is CN(C)CCN(Cc1ccccc1)C(=O)c1coc(CN2C(=O)COc3ccccc32)n1. The first-order valence-electron chi connectivity index (χ1n) is 10.5. The second kappa shape index (κ2) is 9.65. The Hall–Kier alpha value is -3.65. The minimum Gasteiger partial charge on any atom is -0.482 e. The Balaban J connectivity index is 1.50. The third-order valence-electron chi connectivity index (χ3n) is 5.19. The van der Waals surface area contributed by atoms with Crippen LogP contribution in [0.15, 0.2) is 65.3 Å². The molecule has 0 spiro atoms. The molecule has 0 radical (unpaired) electrons. The fourth-order valence-electron chi connectivity index (χ4n) is 3.48. The number of aromatic nitrogens is 1. The van der Waals surface area contributed by atoms with Crippen molar-refractivity contribution in [3.05, 3.63) is 78.0 Å². The highest BCUT2D eigenvalue weighted by Gasteiger charge is 2.27. The summed E-state index contributed by atoms with van der Waals surface area (Å²) in [4.78, 5) is 35.4. The van der Waals surface area contributed by atoms with Crippen molar-refractivity contribution in [1.82, 2.24) is 14.8 Å². The van der Waals surface area contributed by atoms with Crippen molar-refractivity contribution in [2.45, 2.75) is 13.1 Å². The van der Waals surface area contributed by atoms with Crippen LogP contribution >= 0.6 is 0 Å². The molecule has 32 heavy (non-hydrogen) atoms. The van der Waals surface area contributed by atoms with Crippen LogP contribution in [0.2, 0.25) is 0 Å². The van der Waals surface area contributed by atoms with Gasteiger partial charge in [0.25, 0.3) is 11.8 Å². The van der Waals surface area contributed by atoms with Gasteiger partial charge in [-0.2, -0.15) is 0 Å². The van der Waals surface area contributed by atoms with Crippen LogP contribution < -0.4 is 9.64 Å². The highest BCUT2D eigenvalue weighted by Crippen LogP contribution is 2.32. The topological polar surface area (TPSA) is 79.1 Å². The molecular formula is C24H26N4O4. The molecule has 1 aliphatic rings. The molecule has 1 aromatic heterocycles. The molecule has 0 bridgehead atoms. The maximum absolute atomic E-state index is 13.2. The average Bonchev–Trinajstić information content (AvgIpc) is 3.27. The lowest BCUT2D eigenvalue weighted by atomic mass is 10.2. The second-order valence-electron chi connectivity index (χ2n) is 7.88. The largest absolute Gasteiger partial charge is 0.482 e. The summed E-state index contributed by atoms with van der Waals surface area (Å²) >= 11 is 0. The van der Waals surface area contributed by atoms with E-state index in [1.807, 2.05) is 73.6 Å². The number of benzene rings is 2. The van der Waals surface area contributed by atoms with E-state index in [1.165, 1.54) is 6.26 Å². The van der Waals surface area contributed by atoms with Gasteiger partial charge >= 0.3 is 0 Å². The summed E-state index contributed by atoms with van der Waals surface area (Å²) in [6.45, 7) is 1.84. The monoisotopic (exact) mass is 434 g/mol. The molecular weight excluding hydrogens is 408 g/mol. The first-order chi connectivity index (χ1) is 15.5. The molecule has 0 saturated heterocycles. The van der Waals surface area contributed by atoms with Gasteiger partial charge in [-0.05, 0) is 31.8 Å². The zero-order valence-electron chi connectivity index (χ0n) is 18.2. The molecule has 8 nitrogen and oxygen atoms in total. The van der Waals surface area contributed by atoms with Gasteiger partial charge < -0.3 is 19.0 Å². The van der Waals surface area contributed by atoms with E-state index < -0.39 is 0 Å². The van der Waals surface area contributed by atoms with Gasteiger partial charge in [0.1, 0.15) is 18.6 Å². The van der Waals surface area contributed by atoms with E-state index in [1.54, 1.807) is 9.80 Å². The number of carbonyl (C=O) groups excluding carboxylic acids is 2. The number of fused-ring (bicyclic) bond motifs is 1. The summed E-state index contributed by atoms with van der Waals surface area (Å²) in [6, 6.07) is 17.1. The minimum absolute atomic E-state index is 0.0428. The van der Waals surface area contributed by atoms with E-state index in [4.69, 9.17) is 9.15 Å². The molecule has 2 heterocycles. The molecule has 2 amide bonds. The summed E-state index contributed by atoms with van der Waals surface area (Å²) < 4.78 is 11.0. The third kappa shape index (κ3) is 4.97. The molecule has 8 heteroatoms. The number of oxazole rings is 1. The molecule has 0 N–H and O–H groups in total. The zero-order chi connectivity index (χ0) is 22.5. The predicted molar refractivity (Wildman–Crippen MR) is 119 cm³/mol. The molecule has 1 aliphatic heterocycles. The minimum atomic E-state index is -0.209.